The van der Waals surface area contributed by atoms with Crippen LogP contribution in [0.5, 0.6) is 5.75 Å². The minimum atomic E-state index is -0.262. The Kier molecular flexibility index (Phi) is 5.68. The van der Waals surface area contributed by atoms with Crippen molar-refractivity contribution in [1.82, 2.24) is 5.32 Å². The third-order valence-electron chi connectivity index (χ3n) is 2.94. The van der Waals surface area contributed by atoms with Gasteiger partial charge in [-0.05, 0) is 30.0 Å². The van der Waals surface area contributed by atoms with Crippen LogP contribution in [0, 0.1) is 5.41 Å². The van der Waals surface area contributed by atoms with Crippen molar-refractivity contribution >= 4 is 33.4 Å². The second kappa shape index (κ2) is 6.62. The molecular weight excluding hydrogens is 330 g/mol. The van der Waals surface area contributed by atoms with E-state index in [0.29, 0.717) is 10.6 Å². The van der Waals surface area contributed by atoms with Crippen molar-refractivity contribution in [1.29, 1.82) is 0 Å². The number of amides is 1. The largest absolute Gasteiger partial charge is 0.508 e. The highest BCUT2D eigenvalue weighted by molar-refractivity contribution is 9.09. The van der Waals surface area contributed by atoms with Gasteiger partial charge in [-0.25, -0.2) is 0 Å². The summed E-state index contributed by atoms with van der Waals surface area (Å²) in [5.74, 6) is -0.232. The predicted molar refractivity (Wildman–Crippen MR) is 82.2 cm³/mol. The van der Waals surface area contributed by atoms with Crippen LogP contribution in [-0.4, -0.2) is 22.4 Å². The zero-order valence-electron chi connectivity index (χ0n) is 11.3. The first kappa shape index (κ1) is 16.3. The molecule has 0 bridgehead atoms. The van der Waals surface area contributed by atoms with Gasteiger partial charge in [-0.1, -0.05) is 48.3 Å². The van der Waals surface area contributed by atoms with Gasteiger partial charge in [-0.15, -0.1) is 0 Å². The zero-order chi connectivity index (χ0) is 14.6. The summed E-state index contributed by atoms with van der Waals surface area (Å²) >= 11 is 9.38. The summed E-state index contributed by atoms with van der Waals surface area (Å²) in [6, 6.07) is 4.38. The fraction of sp³-hybridized carbons (Fsp3) is 0.500. The normalized spacial score (nSPS) is 13.1. The van der Waals surface area contributed by atoms with Gasteiger partial charge in [-0.2, -0.15) is 0 Å². The van der Waals surface area contributed by atoms with Crippen molar-refractivity contribution < 1.29 is 9.90 Å². The van der Waals surface area contributed by atoms with Crippen molar-refractivity contribution in [3.63, 3.8) is 0 Å². The van der Waals surface area contributed by atoms with Crippen molar-refractivity contribution in [3.05, 3.63) is 28.8 Å². The average Bonchev–Trinajstić information content (AvgIpc) is 2.30. The monoisotopic (exact) mass is 347 g/mol. The molecule has 106 valence electrons. The number of carbonyl (C=O) groups is 1. The summed E-state index contributed by atoms with van der Waals surface area (Å²) in [6.07, 6.45) is 0.825. The number of phenolic OH excluding ortho intramolecular Hbond substituents is 1. The molecule has 0 spiro atoms. The number of aromatic hydroxyl groups is 1. The molecular formula is C14H19BrClNO2. The first-order chi connectivity index (χ1) is 8.75. The number of phenols is 1. The minimum absolute atomic E-state index is 0.0257. The van der Waals surface area contributed by atoms with Crippen LogP contribution < -0.4 is 5.32 Å². The molecule has 1 aromatic carbocycles. The van der Waals surface area contributed by atoms with Gasteiger partial charge in [0.1, 0.15) is 5.75 Å². The molecule has 0 heterocycles. The van der Waals surface area contributed by atoms with Gasteiger partial charge >= 0.3 is 0 Å². The van der Waals surface area contributed by atoms with E-state index < -0.39 is 0 Å². The van der Waals surface area contributed by atoms with Crippen LogP contribution in [0.15, 0.2) is 18.2 Å². The van der Waals surface area contributed by atoms with Crippen molar-refractivity contribution in [2.45, 2.75) is 33.2 Å². The lowest BCUT2D eigenvalue weighted by molar-refractivity contribution is 0.0900. The summed E-state index contributed by atoms with van der Waals surface area (Å²) in [4.78, 5) is 12.2. The Morgan fingerprint density at radius 1 is 1.47 bits per heavy atom. The standard InChI is InChI=1S/C14H19BrClNO2/c1-14(2,3)12(6-7-15)17-13(19)10-8-9(18)4-5-11(10)16/h4-5,8,12,18H,6-7H2,1-3H3,(H,17,19). The topological polar surface area (TPSA) is 49.3 Å². The number of rotatable bonds is 4. The third-order valence-corrected chi connectivity index (χ3v) is 3.73. The summed E-state index contributed by atoms with van der Waals surface area (Å²) in [6.45, 7) is 6.22. The zero-order valence-corrected chi connectivity index (χ0v) is 13.7. The smallest absolute Gasteiger partial charge is 0.253 e. The van der Waals surface area contributed by atoms with Gasteiger partial charge in [0.25, 0.3) is 5.91 Å². The van der Waals surface area contributed by atoms with E-state index in [9.17, 15) is 9.90 Å². The molecule has 0 saturated carbocycles. The van der Waals surface area contributed by atoms with E-state index in [1.165, 1.54) is 18.2 Å². The first-order valence-electron chi connectivity index (χ1n) is 6.11. The van der Waals surface area contributed by atoms with E-state index in [1.54, 1.807) is 0 Å². The number of hydrogen-bond acceptors (Lipinski definition) is 2. The van der Waals surface area contributed by atoms with Crippen LogP contribution in [0.3, 0.4) is 0 Å². The number of carbonyl (C=O) groups excluding carboxylic acids is 1. The lowest BCUT2D eigenvalue weighted by Crippen LogP contribution is -2.44. The molecule has 0 radical (unpaired) electrons. The molecule has 5 heteroatoms. The lowest BCUT2D eigenvalue weighted by Gasteiger charge is -2.31. The van der Waals surface area contributed by atoms with Crippen molar-refractivity contribution in [2.24, 2.45) is 5.41 Å². The molecule has 1 rings (SSSR count). The van der Waals surface area contributed by atoms with E-state index in [2.05, 4.69) is 42.0 Å². The number of halogens is 2. The molecule has 3 nitrogen and oxygen atoms in total. The molecule has 0 fully saturated rings. The van der Waals surface area contributed by atoms with Crippen LogP contribution in [0.1, 0.15) is 37.6 Å². The Balaban J connectivity index is 2.91. The maximum atomic E-state index is 12.2. The van der Waals surface area contributed by atoms with Gasteiger partial charge in [0.15, 0.2) is 0 Å². The molecule has 0 saturated heterocycles. The van der Waals surface area contributed by atoms with E-state index in [1.807, 2.05) is 0 Å². The Morgan fingerprint density at radius 3 is 2.63 bits per heavy atom. The van der Waals surface area contributed by atoms with E-state index in [4.69, 9.17) is 11.6 Å². The highest BCUT2D eigenvalue weighted by atomic mass is 79.9. The van der Waals surface area contributed by atoms with Gasteiger partial charge in [0.2, 0.25) is 0 Å². The summed E-state index contributed by atoms with van der Waals surface area (Å²) in [5, 5.41) is 13.6. The highest BCUT2D eigenvalue weighted by Crippen LogP contribution is 2.25. The van der Waals surface area contributed by atoms with Crippen LogP contribution >= 0.6 is 27.5 Å². The molecule has 0 aliphatic carbocycles. The Bertz CT molecular complexity index is 457. The van der Waals surface area contributed by atoms with Gasteiger partial charge in [0.05, 0.1) is 10.6 Å². The number of alkyl halides is 1. The minimum Gasteiger partial charge on any atom is -0.508 e. The predicted octanol–water partition coefficient (Wildman–Crippen LogP) is 3.98. The molecule has 1 unspecified atom stereocenters. The summed E-state index contributed by atoms with van der Waals surface area (Å²) in [7, 11) is 0. The summed E-state index contributed by atoms with van der Waals surface area (Å²) < 4.78 is 0. The molecule has 19 heavy (non-hydrogen) atoms. The number of hydrogen-bond donors (Lipinski definition) is 2. The van der Waals surface area contributed by atoms with Crippen molar-refractivity contribution in [2.75, 3.05) is 5.33 Å². The Labute approximate surface area is 127 Å². The van der Waals surface area contributed by atoms with E-state index in [-0.39, 0.29) is 23.1 Å². The summed E-state index contributed by atoms with van der Waals surface area (Å²) in [5.41, 5.74) is 0.248. The SMILES string of the molecule is CC(C)(C)C(CCBr)NC(=O)c1cc(O)ccc1Cl. The van der Waals surface area contributed by atoms with Gasteiger partial charge < -0.3 is 10.4 Å². The maximum Gasteiger partial charge on any atom is 0.253 e. The first-order valence-corrected chi connectivity index (χ1v) is 7.61. The van der Waals surface area contributed by atoms with Gasteiger partial charge in [0, 0.05) is 11.4 Å². The molecule has 0 aliphatic heterocycles. The quantitative estimate of drug-likeness (QED) is 0.809. The van der Waals surface area contributed by atoms with Crippen LogP contribution in [0.25, 0.3) is 0 Å². The third kappa shape index (κ3) is 4.69. The number of benzene rings is 1. The Morgan fingerprint density at radius 2 is 2.11 bits per heavy atom. The second-order valence-corrected chi connectivity index (χ2v) is 6.73. The maximum absolute atomic E-state index is 12.2. The fourth-order valence-corrected chi connectivity index (χ4v) is 2.42. The average molecular weight is 349 g/mol. The highest BCUT2D eigenvalue weighted by Gasteiger charge is 2.26. The van der Waals surface area contributed by atoms with Gasteiger partial charge in [-0.3, -0.25) is 4.79 Å². The van der Waals surface area contributed by atoms with E-state index >= 15 is 0 Å². The second-order valence-electron chi connectivity index (χ2n) is 5.53. The Hall–Kier alpha value is -0.740. The molecule has 0 aliphatic rings. The lowest BCUT2D eigenvalue weighted by atomic mass is 9.85. The van der Waals surface area contributed by atoms with Crippen LogP contribution in [0.4, 0.5) is 0 Å². The molecule has 1 atom stereocenters. The van der Waals surface area contributed by atoms with Crippen LogP contribution in [-0.2, 0) is 0 Å². The molecule has 1 aromatic rings. The number of nitrogens with one attached hydrogen (secondary N) is 1. The van der Waals surface area contributed by atoms with Crippen LogP contribution in [0.2, 0.25) is 5.02 Å². The van der Waals surface area contributed by atoms with E-state index in [0.717, 1.165) is 11.8 Å². The van der Waals surface area contributed by atoms with Crippen molar-refractivity contribution in [3.8, 4) is 5.75 Å². The molecule has 2 N–H and O–H groups in total. The molecule has 1 amide bonds. The fourth-order valence-electron chi connectivity index (χ4n) is 1.75. The molecule has 0 aromatic heterocycles.